The third-order valence-electron chi connectivity index (χ3n) is 5.24. The second-order valence-electron chi connectivity index (χ2n) is 7.27. The lowest BCUT2D eigenvalue weighted by Gasteiger charge is -2.23. The number of rotatable bonds is 5. The van der Waals surface area contributed by atoms with Gasteiger partial charge in [0.25, 0.3) is 0 Å². The van der Waals surface area contributed by atoms with Gasteiger partial charge in [-0.05, 0) is 25.0 Å². The number of esters is 1. The van der Waals surface area contributed by atoms with Gasteiger partial charge in [-0.1, -0.05) is 0 Å². The molecule has 3 N–H and O–H groups in total. The Balaban J connectivity index is 1.50. The molecule has 2 atom stereocenters. The molecular weight excluding hydrogens is 362 g/mol. The number of β-amino-alcohol motifs (C(OH)–C–C–N with tert-alkyl or cyclic N) is 1. The van der Waals surface area contributed by atoms with Crippen molar-refractivity contribution in [1.29, 1.82) is 0 Å². The molecule has 0 aromatic carbocycles. The predicted molar refractivity (Wildman–Crippen MR) is 101 cm³/mol. The van der Waals surface area contributed by atoms with E-state index in [4.69, 9.17) is 4.74 Å². The van der Waals surface area contributed by atoms with E-state index in [2.05, 4.69) is 25.5 Å². The minimum atomic E-state index is -0.639. The summed E-state index contributed by atoms with van der Waals surface area (Å²) in [6.45, 7) is 0.268. The maximum Gasteiger partial charge on any atom is 0.328 e. The van der Waals surface area contributed by atoms with Crippen molar-refractivity contribution >= 4 is 29.3 Å². The fourth-order valence-electron chi connectivity index (χ4n) is 3.65. The number of ether oxygens (including phenoxy) is 1. The van der Waals surface area contributed by atoms with E-state index in [-0.39, 0.29) is 13.0 Å². The zero-order chi connectivity index (χ0) is 19.3. The van der Waals surface area contributed by atoms with Crippen LogP contribution in [0.4, 0.5) is 17.7 Å². The molecule has 2 fully saturated rings. The molecule has 0 amide bonds. The molecule has 4 heterocycles. The highest BCUT2D eigenvalue weighted by molar-refractivity contribution is 5.80. The Kier molecular flexibility index (Phi) is 3.93. The van der Waals surface area contributed by atoms with Crippen molar-refractivity contribution in [2.75, 3.05) is 23.9 Å². The highest BCUT2D eigenvalue weighted by Gasteiger charge is 2.38. The molecule has 2 unspecified atom stereocenters. The molecule has 10 heteroatoms. The second kappa shape index (κ2) is 6.48. The molecule has 3 aromatic heterocycles. The van der Waals surface area contributed by atoms with Crippen LogP contribution in [-0.2, 0) is 9.53 Å². The van der Waals surface area contributed by atoms with Crippen molar-refractivity contribution < 1.29 is 14.6 Å². The smallest absolute Gasteiger partial charge is 0.328 e. The Bertz CT molecular complexity index is 1030. The van der Waals surface area contributed by atoms with Gasteiger partial charge in [-0.3, -0.25) is 9.50 Å². The van der Waals surface area contributed by atoms with Gasteiger partial charge in [0.15, 0.2) is 5.82 Å². The third kappa shape index (κ3) is 2.95. The Hall–Kier alpha value is -3.14. The highest BCUT2D eigenvalue weighted by Crippen LogP contribution is 2.39. The summed E-state index contributed by atoms with van der Waals surface area (Å²) in [6.07, 6.45) is 3.88. The quantitative estimate of drug-likeness (QED) is 0.562. The molecule has 0 radical (unpaired) electrons. The van der Waals surface area contributed by atoms with Crippen LogP contribution in [-0.4, -0.2) is 61.4 Å². The maximum atomic E-state index is 12.1. The van der Waals surface area contributed by atoms with Crippen LogP contribution in [0.1, 0.15) is 30.9 Å². The van der Waals surface area contributed by atoms with Crippen LogP contribution >= 0.6 is 0 Å². The largest absolute Gasteiger partial charge is 0.467 e. The highest BCUT2D eigenvalue weighted by atomic mass is 16.5. The number of carbonyl (C=O) groups excluding carboxylic acids is 1. The Morgan fingerprint density at radius 1 is 1.39 bits per heavy atom. The van der Waals surface area contributed by atoms with Gasteiger partial charge in [0.05, 0.1) is 13.2 Å². The zero-order valence-electron chi connectivity index (χ0n) is 15.4. The van der Waals surface area contributed by atoms with Crippen molar-refractivity contribution in [3.05, 3.63) is 30.1 Å². The molecule has 1 aliphatic heterocycles. The number of aromatic nitrogens is 5. The van der Waals surface area contributed by atoms with E-state index < -0.39 is 18.1 Å². The molecule has 1 saturated heterocycles. The number of fused-ring (bicyclic) bond motifs is 1. The summed E-state index contributed by atoms with van der Waals surface area (Å²) in [6, 6.07) is 5.11. The number of aliphatic hydroxyl groups is 1. The Morgan fingerprint density at radius 3 is 3.04 bits per heavy atom. The van der Waals surface area contributed by atoms with Gasteiger partial charge in [0.1, 0.15) is 11.7 Å². The summed E-state index contributed by atoms with van der Waals surface area (Å²) < 4.78 is 6.70. The number of carbonyl (C=O) groups is 1. The maximum absolute atomic E-state index is 12.1. The van der Waals surface area contributed by atoms with Crippen molar-refractivity contribution in [2.24, 2.45) is 0 Å². The van der Waals surface area contributed by atoms with Crippen LogP contribution in [0.15, 0.2) is 24.4 Å². The van der Waals surface area contributed by atoms with E-state index in [0.29, 0.717) is 29.3 Å². The van der Waals surface area contributed by atoms with Gasteiger partial charge < -0.3 is 20.1 Å². The lowest BCUT2D eigenvalue weighted by atomic mass is 10.2. The Labute approximate surface area is 160 Å². The molecule has 0 spiro atoms. The van der Waals surface area contributed by atoms with Crippen molar-refractivity contribution in [3.63, 3.8) is 0 Å². The van der Waals surface area contributed by atoms with Crippen molar-refractivity contribution in [3.8, 4) is 0 Å². The molecule has 1 aliphatic carbocycles. The summed E-state index contributed by atoms with van der Waals surface area (Å²) in [5.74, 6) is 1.73. The van der Waals surface area contributed by atoms with Crippen LogP contribution in [0.2, 0.25) is 0 Å². The first-order chi connectivity index (χ1) is 13.6. The molecule has 1 saturated carbocycles. The van der Waals surface area contributed by atoms with E-state index in [0.717, 1.165) is 5.69 Å². The van der Waals surface area contributed by atoms with Gasteiger partial charge in [-0.25, -0.2) is 4.79 Å². The lowest BCUT2D eigenvalue weighted by molar-refractivity contribution is -0.142. The average Bonchev–Trinajstić information content (AvgIpc) is 3.07. The van der Waals surface area contributed by atoms with Gasteiger partial charge >= 0.3 is 5.97 Å². The van der Waals surface area contributed by atoms with Gasteiger partial charge in [-0.15, -0.1) is 0 Å². The van der Waals surface area contributed by atoms with Gasteiger partial charge in [0, 0.05) is 36.8 Å². The number of hydrogen-bond acceptors (Lipinski definition) is 8. The standard InChI is InChI=1S/C18H21N7O3/c1-28-16(27)13-7-11(26)9-25(13)18-20-15-3-2-6-24(15)17(21-18)19-14-8-12(22-23-14)10-4-5-10/h2-3,6,8,10-11,13,26H,4-5,7,9H2,1H3,(H2,19,20,21,22,23). The topological polar surface area (TPSA) is 121 Å². The summed E-state index contributed by atoms with van der Waals surface area (Å²) >= 11 is 0. The minimum Gasteiger partial charge on any atom is -0.467 e. The van der Waals surface area contributed by atoms with Crippen LogP contribution in [0.5, 0.6) is 0 Å². The van der Waals surface area contributed by atoms with Crippen LogP contribution < -0.4 is 10.2 Å². The Morgan fingerprint density at radius 2 is 2.25 bits per heavy atom. The van der Waals surface area contributed by atoms with Crippen LogP contribution in [0.3, 0.4) is 0 Å². The van der Waals surface area contributed by atoms with Crippen molar-refractivity contribution in [1.82, 2.24) is 24.6 Å². The summed E-state index contributed by atoms with van der Waals surface area (Å²) in [5.41, 5.74) is 1.80. The molecule has 10 nitrogen and oxygen atoms in total. The summed E-state index contributed by atoms with van der Waals surface area (Å²) in [5, 5.41) is 20.7. The molecule has 2 aliphatic rings. The number of anilines is 3. The lowest BCUT2D eigenvalue weighted by Crippen LogP contribution is -2.38. The van der Waals surface area contributed by atoms with Crippen LogP contribution in [0.25, 0.3) is 5.65 Å². The van der Waals surface area contributed by atoms with E-state index in [1.165, 1.54) is 20.0 Å². The molecule has 5 rings (SSSR count). The van der Waals surface area contributed by atoms with Crippen molar-refractivity contribution in [2.45, 2.75) is 37.3 Å². The van der Waals surface area contributed by atoms with E-state index in [1.807, 2.05) is 28.8 Å². The number of aliphatic hydroxyl groups excluding tert-OH is 1. The molecule has 146 valence electrons. The zero-order valence-corrected chi connectivity index (χ0v) is 15.4. The molecule has 28 heavy (non-hydrogen) atoms. The number of aromatic amines is 1. The number of nitrogens with one attached hydrogen (secondary N) is 2. The van der Waals surface area contributed by atoms with E-state index in [9.17, 15) is 9.90 Å². The monoisotopic (exact) mass is 383 g/mol. The fourth-order valence-corrected chi connectivity index (χ4v) is 3.65. The molecule has 0 bridgehead atoms. The third-order valence-corrected chi connectivity index (χ3v) is 5.24. The minimum absolute atomic E-state index is 0.268. The molecular formula is C18H21N7O3. The first-order valence-electron chi connectivity index (χ1n) is 9.32. The number of nitrogens with zero attached hydrogens (tertiary/aromatic N) is 5. The number of methoxy groups -OCH3 is 1. The SMILES string of the molecule is COC(=O)C1CC(O)CN1c1nc(Nc2cc(C3CC3)[nH]n2)n2cccc2n1. The second-order valence-corrected chi connectivity index (χ2v) is 7.27. The van der Waals surface area contributed by atoms with Crippen LogP contribution in [0, 0.1) is 0 Å². The average molecular weight is 383 g/mol. The first-order valence-corrected chi connectivity index (χ1v) is 9.32. The normalized spacial score (nSPS) is 22.0. The molecule has 3 aromatic rings. The van der Waals surface area contributed by atoms with Gasteiger partial charge in [0.2, 0.25) is 11.9 Å². The number of H-pyrrole nitrogens is 1. The van der Waals surface area contributed by atoms with E-state index >= 15 is 0 Å². The van der Waals surface area contributed by atoms with E-state index in [1.54, 1.807) is 4.90 Å². The number of hydrogen-bond donors (Lipinski definition) is 3. The first kappa shape index (κ1) is 17.0. The predicted octanol–water partition coefficient (Wildman–Crippen LogP) is 1.19. The summed E-state index contributed by atoms with van der Waals surface area (Å²) in [7, 11) is 1.34. The summed E-state index contributed by atoms with van der Waals surface area (Å²) in [4.78, 5) is 23.0. The van der Waals surface area contributed by atoms with Gasteiger partial charge in [-0.2, -0.15) is 15.1 Å². The fraction of sp³-hybridized carbons (Fsp3) is 0.444.